The summed E-state index contributed by atoms with van der Waals surface area (Å²) in [5.74, 6) is -2.58. The number of benzene rings is 2. The number of hydrogen-bond acceptors (Lipinski definition) is 2. The van der Waals surface area contributed by atoms with Crippen LogP contribution in [-0.2, 0) is 0 Å². The van der Waals surface area contributed by atoms with Crippen molar-refractivity contribution in [2.75, 3.05) is 18.0 Å². The number of alkyl halides is 2. The Bertz CT molecular complexity index is 695. The normalized spacial score (nSPS) is 17.0. The standard InChI is InChI=1S/C18H16F2N2/c19-18(20)8-10-22(11-9-18)17-12-15(6-7-16(17)13-21)14-4-2-1-3-5-14/h1-7,12H,8-11H2. The fourth-order valence-electron chi connectivity index (χ4n) is 2.77. The summed E-state index contributed by atoms with van der Waals surface area (Å²) in [6.45, 7) is 0.555. The molecule has 0 saturated carbocycles. The average Bonchev–Trinajstić information content (AvgIpc) is 2.55. The van der Waals surface area contributed by atoms with Crippen molar-refractivity contribution in [3.05, 3.63) is 54.1 Å². The van der Waals surface area contributed by atoms with Crippen LogP contribution >= 0.6 is 0 Å². The third-order valence-corrected chi connectivity index (χ3v) is 4.06. The van der Waals surface area contributed by atoms with Crippen LogP contribution in [0.15, 0.2) is 48.5 Å². The molecular formula is C18H16F2N2. The van der Waals surface area contributed by atoms with E-state index in [-0.39, 0.29) is 25.9 Å². The minimum atomic E-state index is -2.58. The van der Waals surface area contributed by atoms with E-state index in [2.05, 4.69) is 6.07 Å². The first-order valence-corrected chi connectivity index (χ1v) is 7.31. The Kier molecular flexibility index (Phi) is 3.81. The van der Waals surface area contributed by atoms with Gasteiger partial charge in [-0.25, -0.2) is 8.78 Å². The van der Waals surface area contributed by atoms with E-state index in [4.69, 9.17) is 0 Å². The third-order valence-electron chi connectivity index (χ3n) is 4.06. The molecule has 0 amide bonds. The Labute approximate surface area is 128 Å². The van der Waals surface area contributed by atoms with Crippen molar-refractivity contribution < 1.29 is 8.78 Å². The topological polar surface area (TPSA) is 27.0 Å². The summed E-state index contributed by atoms with van der Waals surface area (Å²) in [5, 5.41) is 9.29. The van der Waals surface area contributed by atoms with E-state index in [0.29, 0.717) is 5.56 Å². The minimum absolute atomic E-state index is 0.159. The summed E-state index contributed by atoms with van der Waals surface area (Å²) >= 11 is 0. The highest BCUT2D eigenvalue weighted by molar-refractivity contribution is 5.72. The maximum Gasteiger partial charge on any atom is 0.251 e. The van der Waals surface area contributed by atoms with E-state index >= 15 is 0 Å². The van der Waals surface area contributed by atoms with Crippen LogP contribution in [0.3, 0.4) is 0 Å². The lowest BCUT2D eigenvalue weighted by atomic mass is 10.00. The Morgan fingerprint density at radius 3 is 2.27 bits per heavy atom. The van der Waals surface area contributed by atoms with Gasteiger partial charge in [0.25, 0.3) is 5.92 Å². The fourth-order valence-corrected chi connectivity index (χ4v) is 2.77. The number of nitriles is 1. The number of hydrogen-bond donors (Lipinski definition) is 0. The van der Waals surface area contributed by atoms with Crippen LogP contribution < -0.4 is 4.90 Å². The predicted octanol–water partition coefficient (Wildman–Crippen LogP) is 4.46. The molecule has 0 radical (unpaired) electrons. The molecule has 1 aliphatic heterocycles. The van der Waals surface area contributed by atoms with Crippen LogP contribution in [0.1, 0.15) is 18.4 Å². The van der Waals surface area contributed by atoms with Crippen molar-refractivity contribution in [3.63, 3.8) is 0 Å². The van der Waals surface area contributed by atoms with Gasteiger partial charge in [-0.15, -0.1) is 0 Å². The number of piperidine rings is 1. The van der Waals surface area contributed by atoms with Crippen molar-refractivity contribution in [2.45, 2.75) is 18.8 Å². The monoisotopic (exact) mass is 298 g/mol. The zero-order valence-electron chi connectivity index (χ0n) is 12.1. The maximum absolute atomic E-state index is 13.3. The van der Waals surface area contributed by atoms with Gasteiger partial charge in [0, 0.05) is 25.9 Å². The second-order valence-electron chi connectivity index (χ2n) is 5.55. The average molecular weight is 298 g/mol. The molecule has 1 aliphatic rings. The zero-order valence-corrected chi connectivity index (χ0v) is 12.1. The van der Waals surface area contributed by atoms with Crippen LogP contribution in [0.25, 0.3) is 11.1 Å². The van der Waals surface area contributed by atoms with Gasteiger partial charge in [0.2, 0.25) is 0 Å². The highest BCUT2D eigenvalue weighted by Crippen LogP contribution is 2.34. The molecule has 22 heavy (non-hydrogen) atoms. The van der Waals surface area contributed by atoms with E-state index in [9.17, 15) is 14.0 Å². The van der Waals surface area contributed by atoms with Gasteiger partial charge >= 0.3 is 0 Å². The molecule has 0 aromatic heterocycles. The smallest absolute Gasteiger partial charge is 0.251 e. The summed E-state index contributed by atoms with van der Waals surface area (Å²) in [5.41, 5.74) is 3.33. The lowest BCUT2D eigenvalue weighted by Crippen LogP contribution is -2.39. The first-order valence-electron chi connectivity index (χ1n) is 7.31. The molecule has 2 aromatic carbocycles. The van der Waals surface area contributed by atoms with Crippen molar-refractivity contribution >= 4 is 5.69 Å². The quantitative estimate of drug-likeness (QED) is 0.818. The van der Waals surface area contributed by atoms with Gasteiger partial charge in [0.05, 0.1) is 11.3 Å². The number of anilines is 1. The maximum atomic E-state index is 13.3. The number of rotatable bonds is 2. The van der Waals surface area contributed by atoms with Crippen LogP contribution in [0.2, 0.25) is 0 Å². The molecule has 0 aliphatic carbocycles. The third kappa shape index (κ3) is 2.94. The second-order valence-corrected chi connectivity index (χ2v) is 5.55. The zero-order chi connectivity index (χ0) is 15.6. The molecule has 0 atom stereocenters. The molecule has 0 spiro atoms. The molecule has 0 N–H and O–H groups in total. The summed E-state index contributed by atoms with van der Waals surface area (Å²) in [6.07, 6.45) is -0.319. The van der Waals surface area contributed by atoms with Gasteiger partial charge in [0.15, 0.2) is 0 Å². The number of nitrogens with zero attached hydrogens (tertiary/aromatic N) is 2. The van der Waals surface area contributed by atoms with Crippen LogP contribution in [0, 0.1) is 11.3 Å². The molecule has 2 nitrogen and oxygen atoms in total. The van der Waals surface area contributed by atoms with E-state index in [1.54, 1.807) is 6.07 Å². The summed E-state index contributed by atoms with van der Waals surface area (Å²) in [6, 6.07) is 17.6. The summed E-state index contributed by atoms with van der Waals surface area (Å²) < 4.78 is 26.7. The highest BCUT2D eigenvalue weighted by atomic mass is 19.3. The van der Waals surface area contributed by atoms with E-state index in [1.807, 2.05) is 47.4 Å². The fraction of sp³-hybridized carbons (Fsp3) is 0.278. The summed E-state index contributed by atoms with van der Waals surface area (Å²) in [7, 11) is 0. The first-order chi connectivity index (χ1) is 10.6. The van der Waals surface area contributed by atoms with Crippen molar-refractivity contribution in [1.82, 2.24) is 0 Å². The minimum Gasteiger partial charge on any atom is -0.370 e. The molecule has 2 aromatic rings. The Hall–Kier alpha value is -2.41. The van der Waals surface area contributed by atoms with E-state index in [1.165, 1.54) is 0 Å². The molecular weight excluding hydrogens is 282 g/mol. The molecule has 3 rings (SSSR count). The van der Waals surface area contributed by atoms with Gasteiger partial charge in [-0.2, -0.15) is 5.26 Å². The molecule has 1 fully saturated rings. The van der Waals surface area contributed by atoms with Crippen LogP contribution in [-0.4, -0.2) is 19.0 Å². The second kappa shape index (κ2) is 5.76. The van der Waals surface area contributed by atoms with E-state index in [0.717, 1.165) is 16.8 Å². The highest BCUT2D eigenvalue weighted by Gasteiger charge is 2.34. The molecule has 112 valence electrons. The van der Waals surface area contributed by atoms with Gasteiger partial charge in [0.1, 0.15) is 6.07 Å². The molecule has 0 unspecified atom stereocenters. The van der Waals surface area contributed by atoms with E-state index < -0.39 is 5.92 Å². The molecule has 4 heteroatoms. The Balaban J connectivity index is 1.95. The van der Waals surface area contributed by atoms with Crippen LogP contribution in [0.5, 0.6) is 0 Å². The van der Waals surface area contributed by atoms with Crippen molar-refractivity contribution in [2.24, 2.45) is 0 Å². The van der Waals surface area contributed by atoms with Crippen molar-refractivity contribution in [3.8, 4) is 17.2 Å². The van der Waals surface area contributed by atoms with Gasteiger partial charge in [-0.3, -0.25) is 0 Å². The lowest BCUT2D eigenvalue weighted by molar-refractivity contribution is -0.0220. The predicted molar refractivity (Wildman–Crippen MR) is 83.0 cm³/mol. The van der Waals surface area contributed by atoms with Crippen molar-refractivity contribution in [1.29, 1.82) is 5.26 Å². The van der Waals surface area contributed by atoms with Gasteiger partial charge < -0.3 is 4.90 Å². The SMILES string of the molecule is N#Cc1ccc(-c2ccccc2)cc1N1CCC(F)(F)CC1. The van der Waals surface area contributed by atoms with Gasteiger partial charge in [-0.1, -0.05) is 36.4 Å². The Morgan fingerprint density at radius 1 is 0.955 bits per heavy atom. The largest absolute Gasteiger partial charge is 0.370 e. The van der Waals surface area contributed by atoms with Crippen LogP contribution in [0.4, 0.5) is 14.5 Å². The first kappa shape index (κ1) is 14.5. The number of halogens is 2. The van der Waals surface area contributed by atoms with Gasteiger partial charge in [-0.05, 0) is 23.3 Å². The molecule has 0 bridgehead atoms. The molecule has 1 heterocycles. The summed E-state index contributed by atoms with van der Waals surface area (Å²) in [4.78, 5) is 1.89. The lowest BCUT2D eigenvalue weighted by Gasteiger charge is -2.34. The Morgan fingerprint density at radius 2 is 1.64 bits per heavy atom. The molecule has 1 saturated heterocycles.